The molecule has 5 heteroatoms. The largest absolute Gasteiger partial charge is 0.320 e. The van der Waals surface area contributed by atoms with E-state index in [1.54, 1.807) is 12.1 Å². The number of imide groups is 1. The highest BCUT2D eigenvalue weighted by atomic mass is 35.5. The third kappa shape index (κ3) is 4.55. The summed E-state index contributed by atoms with van der Waals surface area (Å²) in [6.07, 6.45) is 0.552. The maximum absolute atomic E-state index is 12.1. The lowest BCUT2D eigenvalue weighted by Gasteiger charge is -2.13. The number of hydrogen-bond acceptors (Lipinski definition) is 3. The Labute approximate surface area is 136 Å². The van der Waals surface area contributed by atoms with Crippen LogP contribution in [0, 0.1) is 5.92 Å². The monoisotopic (exact) mass is 320 g/mol. The molecular weight excluding hydrogens is 300 g/mol. The summed E-state index contributed by atoms with van der Waals surface area (Å²) in [5, 5.41) is 4.38. The van der Waals surface area contributed by atoms with E-state index in [0.29, 0.717) is 17.9 Å². The van der Waals surface area contributed by atoms with Gasteiger partial charge in [-0.2, -0.15) is 0 Å². The Bertz CT molecular complexity index is 671. The molecule has 0 aromatic heterocycles. The molecule has 2 amide bonds. The van der Waals surface area contributed by atoms with E-state index in [0.717, 1.165) is 10.8 Å². The van der Waals surface area contributed by atoms with E-state index in [2.05, 4.69) is 5.32 Å². The maximum atomic E-state index is 12.1. The van der Waals surface area contributed by atoms with Gasteiger partial charge >= 0.3 is 0 Å². The fraction of sp³-hybridized carbons (Fsp3) is 0.294. The molecule has 2 aromatic rings. The van der Waals surface area contributed by atoms with Crippen LogP contribution in [0.3, 0.4) is 0 Å². The van der Waals surface area contributed by atoms with Crippen molar-refractivity contribution < 1.29 is 9.59 Å². The van der Waals surface area contributed by atoms with Crippen molar-refractivity contribution >= 4 is 35.0 Å². The van der Waals surface area contributed by atoms with Crippen LogP contribution in [0.15, 0.2) is 42.5 Å². The molecule has 0 aliphatic rings. The quantitative estimate of drug-likeness (QED) is 0.909. The van der Waals surface area contributed by atoms with Gasteiger partial charge in [-0.3, -0.25) is 14.9 Å². The Morgan fingerprint density at radius 1 is 1.09 bits per heavy atom. The Balaban J connectivity index is 0.00000242. The fourth-order valence-corrected chi connectivity index (χ4v) is 2.22. The van der Waals surface area contributed by atoms with E-state index in [1.807, 2.05) is 44.2 Å². The van der Waals surface area contributed by atoms with E-state index in [-0.39, 0.29) is 12.4 Å². The molecule has 0 aliphatic carbocycles. The summed E-state index contributed by atoms with van der Waals surface area (Å²) in [6, 6.07) is 12.4. The lowest BCUT2D eigenvalue weighted by molar-refractivity contribution is -0.121. The van der Waals surface area contributed by atoms with Crippen LogP contribution in [0.25, 0.3) is 10.8 Å². The highest BCUT2D eigenvalue weighted by molar-refractivity contribution is 6.07. The van der Waals surface area contributed by atoms with Crippen LogP contribution >= 0.6 is 12.4 Å². The Kier molecular flexibility index (Phi) is 6.53. The average molecular weight is 321 g/mol. The van der Waals surface area contributed by atoms with Gasteiger partial charge in [0.2, 0.25) is 5.91 Å². The topological polar surface area (TPSA) is 72.2 Å². The smallest absolute Gasteiger partial charge is 0.257 e. The minimum Gasteiger partial charge on any atom is -0.320 e. The molecule has 0 fully saturated rings. The Morgan fingerprint density at radius 3 is 2.36 bits per heavy atom. The first-order valence-electron chi connectivity index (χ1n) is 7.07. The molecule has 0 unspecified atom stereocenters. The summed E-state index contributed by atoms with van der Waals surface area (Å²) in [5.74, 6) is -0.534. The second-order valence-electron chi connectivity index (χ2n) is 5.62. The minimum absolute atomic E-state index is 0. The Hall–Kier alpha value is -1.91. The van der Waals surface area contributed by atoms with Crippen molar-refractivity contribution in [3.05, 3.63) is 48.0 Å². The van der Waals surface area contributed by atoms with E-state index in [4.69, 9.17) is 5.73 Å². The summed E-state index contributed by atoms with van der Waals surface area (Å²) in [7, 11) is 0. The third-order valence-corrected chi connectivity index (χ3v) is 3.31. The zero-order valence-electron chi connectivity index (χ0n) is 12.7. The molecule has 0 bridgehead atoms. The number of carbonyl (C=O) groups is 2. The molecule has 0 spiro atoms. The molecule has 4 nitrogen and oxygen atoms in total. The first-order valence-corrected chi connectivity index (χ1v) is 7.07. The van der Waals surface area contributed by atoms with Gasteiger partial charge < -0.3 is 5.73 Å². The number of fused-ring (bicyclic) bond motifs is 1. The molecule has 0 heterocycles. The van der Waals surface area contributed by atoms with Crippen LogP contribution in [-0.4, -0.2) is 17.9 Å². The van der Waals surface area contributed by atoms with Crippen molar-refractivity contribution in [3.8, 4) is 0 Å². The van der Waals surface area contributed by atoms with Gasteiger partial charge in [-0.25, -0.2) is 0 Å². The molecular formula is C17H21ClN2O2. The number of rotatable bonds is 4. The van der Waals surface area contributed by atoms with Crippen molar-refractivity contribution in [1.29, 1.82) is 0 Å². The number of benzene rings is 2. The summed E-state index contributed by atoms with van der Waals surface area (Å²) in [5.41, 5.74) is 6.23. The zero-order valence-corrected chi connectivity index (χ0v) is 13.5. The lowest BCUT2D eigenvalue weighted by Crippen LogP contribution is -2.44. The summed E-state index contributed by atoms with van der Waals surface area (Å²) >= 11 is 0. The Morgan fingerprint density at radius 2 is 1.73 bits per heavy atom. The molecule has 2 rings (SSSR count). The van der Waals surface area contributed by atoms with Gasteiger partial charge in [0, 0.05) is 5.56 Å². The van der Waals surface area contributed by atoms with E-state index >= 15 is 0 Å². The van der Waals surface area contributed by atoms with Crippen LogP contribution in [0.4, 0.5) is 0 Å². The normalized spacial score (nSPS) is 11.8. The number of nitrogens with one attached hydrogen (secondary N) is 1. The summed E-state index contributed by atoms with van der Waals surface area (Å²) < 4.78 is 0. The summed E-state index contributed by atoms with van der Waals surface area (Å²) in [4.78, 5) is 24.0. The second-order valence-corrected chi connectivity index (χ2v) is 5.62. The number of hydrogen-bond donors (Lipinski definition) is 2. The highest BCUT2D eigenvalue weighted by Crippen LogP contribution is 2.15. The second kappa shape index (κ2) is 7.92. The van der Waals surface area contributed by atoms with Crippen LogP contribution in [0.1, 0.15) is 30.6 Å². The number of halogens is 1. The van der Waals surface area contributed by atoms with Gasteiger partial charge in [0.15, 0.2) is 0 Å². The molecule has 0 radical (unpaired) electrons. The first-order chi connectivity index (χ1) is 9.97. The van der Waals surface area contributed by atoms with Gasteiger partial charge in [-0.05, 0) is 35.2 Å². The molecule has 2 aromatic carbocycles. The lowest BCUT2D eigenvalue weighted by atomic mass is 10.0. The van der Waals surface area contributed by atoms with Crippen molar-refractivity contribution in [3.63, 3.8) is 0 Å². The third-order valence-electron chi connectivity index (χ3n) is 3.31. The predicted molar refractivity (Wildman–Crippen MR) is 91.1 cm³/mol. The number of nitrogens with two attached hydrogens (primary N) is 1. The molecule has 0 saturated heterocycles. The van der Waals surface area contributed by atoms with Crippen LogP contribution < -0.4 is 11.1 Å². The average Bonchev–Trinajstić information content (AvgIpc) is 2.45. The van der Waals surface area contributed by atoms with Gasteiger partial charge in [0.05, 0.1) is 6.04 Å². The molecule has 22 heavy (non-hydrogen) atoms. The van der Waals surface area contributed by atoms with Crippen LogP contribution in [0.2, 0.25) is 0 Å². The molecule has 0 aliphatic heterocycles. The van der Waals surface area contributed by atoms with Gasteiger partial charge in [-0.1, -0.05) is 44.2 Å². The molecule has 3 N–H and O–H groups in total. The van der Waals surface area contributed by atoms with Crippen LogP contribution in [0.5, 0.6) is 0 Å². The van der Waals surface area contributed by atoms with Crippen molar-refractivity contribution in [2.45, 2.75) is 26.3 Å². The number of amides is 2. The molecule has 118 valence electrons. The van der Waals surface area contributed by atoms with Gasteiger partial charge in [-0.15, -0.1) is 12.4 Å². The summed E-state index contributed by atoms with van der Waals surface area (Å²) in [6.45, 7) is 3.97. The van der Waals surface area contributed by atoms with E-state index < -0.39 is 17.9 Å². The van der Waals surface area contributed by atoms with Gasteiger partial charge in [0.1, 0.15) is 0 Å². The van der Waals surface area contributed by atoms with Gasteiger partial charge in [0.25, 0.3) is 5.91 Å². The minimum atomic E-state index is -0.658. The highest BCUT2D eigenvalue weighted by Gasteiger charge is 2.18. The first kappa shape index (κ1) is 18.1. The maximum Gasteiger partial charge on any atom is 0.257 e. The predicted octanol–water partition coefficient (Wildman–Crippen LogP) is 2.89. The molecule has 0 saturated carbocycles. The SMILES string of the molecule is CC(C)C[C@H](N)C(=O)NC(=O)c1ccc2ccccc2c1.Cl. The van der Waals surface area contributed by atoms with E-state index in [9.17, 15) is 9.59 Å². The van der Waals surface area contributed by atoms with Crippen molar-refractivity contribution in [2.24, 2.45) is 11.7 Å². The standard InChI is InChI=1S/C17H20N2O2.ClH/c1-11(2)9-15(18)17(21)19-16(20)14-8-7-12-5-3-4-6-13(12)10-14;/h3-8,10-11,15H,9,18H2,1-2H3,(H,19,20,21);1H/t15-;/m0./s1. The van der Waals surface area contributed by atoms with Crippen molar-refractivity contribution in [1.82, 2.24) is 5.32 Å². The zero-order chi connectivity index (χ0) is 15.4. The van der Waals surface area contributed by atoms with Crippen LogP contribution in [-0.2, 0) is 4.79 Å². The number of carbonyl (C=O) groups excluding carboxylic acids is 2. The van der Waals surface area contributed by atoms with E-state index in [1.165, 1.54) is 0 Å². The van der Waals surface area contributed by atoms with Crippen molar-refractivity contribution in [2.75, 3.05) is 0 Å². The molecule has 1 atom stereocenters. The fourth-order valence-electron chi connectivity index (χ4n) is 2.22.